The molecule has 2 aliphatic rings. The van der Waals surface area contributed by atoms with Crippen LogP contribution in [-0.2, 0) is 11.3 Å². The number of anilines is 1. The molecule has 0 N–H and O–H groups in total. The summed E-state index contributed by atoms with van der Waals surface area (Å²) in [6, 6.07) is 4.05. The van der Waals surface area contributed by atoms with Crippen molar-refractivity contribution in [3.8, 4) is 11.4 Å². The molecule has 0 unspecified atom stereocenters. The predicted molar refractivity (Wildman–Crippen MR) is 112 cm³/mol. The second kappa shape index (κ2) is 9.42. The van der Waals surface area contributed by atoms with Crippen LogP contribution < -0.4 is 4.90 Å². The minimum atomic E-state index is -0.243. The molecule has 9 nitrogen and oxygen atoms in total. The molecule has 2 aromatic heterocycles. The standard InChI is InChI=1S/C21H30N6O3/c1-3-29-21(28)26-11-9-25(10-12-26)15-19-23-20(24-30-19)17-6-7-18(22-13-17)27-8-4-5-16(2)14-27/h6-7,13,16H,3-5,8-12,14-15H2,1-2H3/t16-/m0/s1. The second-order valence-electron chi connectivity index (χ2n) is 8.07. The summed E-state index contributed by atoms with van der Waals surface area (Å²) in [5.74, 6) is 2.84. The van der Waals surface area contributed by atoms with Crippen LogP contribution in [0.4, 0.5) is 10.6 Å². The Morgan fingerprint density at radius 3 is 2.77 bits per heavy atom. The van der Waals surface area contributed by atoms with Gasteiger partial charge in [-0.2, -0.15) is 4.98 Å². The zero-order chi connectivity index (χ0) is 20.9. The first-order valence-corrected chi connectivity index (χ1v) is 10.8. The van der Waals surface area contributed by atoms with Crippen molar-refractivity contribution < 1.29 is 14.1 Å². The Morgan fingerprint density at radius 1 is 1.23 bits per heavy atom. The van der Waals surface area contributed by atoms with Crippen LogP contribution in [0.3, 0.4) is 0 Å². The molecule has 2 aromatic rings. The van der Waals surface area contributed by atoms with E-state index >= 15 is 0 Å². The molecule has 1 atom stereocenters. The van der Waals surface area contributed by atoms with Crippen LogP contribution in [0.25, 0.3) is 11.4 Å². The maximum Gasteiger partial charge on any atom is 0.409 e. The van der Waals surface area contributed by atoms with Gasteiger partial charge in [-0.15, -0.1) is 0 Å². The molecule has 0 saturated carbocycles. The molecule has 2 fully saturated rings. The third-order valence-corrected chi connectivity index (χ3v) is 5.71. The summed E-state index contributed by atoms with van der Waals surface area (Å²) >= 11 is 0. The number of carbonyl (C=O) groups is 1. The summed E-state index contributed by atoms with van der Waals surface area (Å²) in [4.78, 5) is 27.2. The summed E-state index contributed by atoms with van der Waals surface area (Å²) in [6.45, 7) is 9.98. The average molecular weight is 415 g/mol. The van der Waals surface area contributed by atoms with E-state index in [1.165, 1.54) is 12.8 Å². The Hall–Kier alpha value is -2.68. The Kier molecular flexibility index (Phi) is 6.47. The Morgan fingerprint density at radius 2 is 2.07 bits per heavy atom. The number of nitrogens with zero attached hydrogens (tertiary/aromatic N) is 6. The van der Waals surface area contributed by atoms with E-state index in [4.69, 9.17) is 9.26 Å². The van der Waals surface area contributed by atoms with Gasteiger partial charge in [0.15, 0.2) is 0 Å². The van der Waals surface area contributed by atoms with E-state index in [1.807, 2.05) is 25.3 Å². The summed E-state index contributed by atoms with van der Waals surface area (Å²) in [5.41, 5.74) is 0.853. The molecule has 0 bridgehead atoms. The van der Waals surface area contributed by atoms with Gasteiger partial charge in [0.25, 0.3) is 0 Å². The number of hydrogen-bond donors (Lipinski definition) is 0. The lowest BCUT2D eigenvalue weighted by Gasteiger charge is -2.33. The van der Waals surface area contributed by atoms with Crippen LogP contribution in [0.5, 0.6) is 0 Å². The normalized spacial score (nSPS) is 20.4. The molecule has 4 rings (SSSR count). The lowest BCUT2D eigenvalue weighted by atomic mass is 10.0. The van der Waals surface area contributed by atoms with Crippen LogP contribution in [0.15, 0.2) is 22.9 Å². The largest absolute Gasteiger partial charge is 0.450 e. The summed E-state index contributed by atoms with van der Waals surface area (Å²) in [6.07, 6.45) is 4.08. The van der Waals surface area contributed by atoms with E-state index in [1.54, 1.807) is 4.90 Å². The second-order valence-corrected chi connectivity index (χ2v) is 8.07. The van der Waals surface area contributed by atoms with E-state index in [0.717, 1.165) is 37.6 Å². The number of piperidine rings is 1. The SMILES string of the molecule is CCOC(=O)N1CCN(Cc2nc(-c3ccc(N4CCC[C@H](C)C4)nc3)no2)CC1. The molecule has 0 spiro atoms. The molecule has 30 heavy (non-hydrogen) atoms. The molecular weight excluding hydrogens is 384 g/mol. The molecule has 0 radical (unpaired) electrons. The third-order valence-electron chi connectivity index (χ3n) is 5.71. The first-order valence-electron chi connectivity index (χ1n) is 10.8. The van der Waals surface area contributed by atoms with E-state index < -0.39 is 0 Å². The van der Waals surface area contributed by atoms with Gasteiger partial charge in [-0.05, 0) is 37.8 Å². The summed E-state index contributed by atoms with van der Waals surface area (Å²) in [7, 11) is 0. The predicted octanol–water partition coefficient (Wildman–Crippen LogP) is 2.64. The van der Waals surface area contributed by atoms with E-state index in [2.05, 4.69) is 31.8 Å². The maximum atomic E-state index is 11.8. The quantitative estimate of drug-likeness (QED) is 0.738. The van der Waals surface area contributed by atoms with Gasteiger partial charge in [0.1, 0.15) is 5.82 Å². The Balaban J connectivity index is 1.31. The minimum absolute atomic E-state index is 0.243. The van der Waals surface area contributed by atoms with Gasteiger partial charge in [-0.1, -0.05) is 12.1 Å². The van der Waals surface area contributed by atoms with Gasteiger partial charge in [0.2, 0.25) is 11.7 Å². The molecular formula is C21H30N6O3. The molecule has 0 aromatic carbocycles. The van der Waals surface area contributed by atoms with Crippen LogP contribution in [0.2, 0.25) is 0 Å². The highest BCUT2D eigenvalue weighted by molar-refractivity contribution is 5.67. The lowest BCUT2D eigenvalue weighted by Crippen LogP contribution is -2.48. The van der Waals surface area contributed by atoms with Gasteiger partial charge in [0.05, 0.1) is 13.2 Å². The number of ether oxygens (including phenoxy) is 1. The van der Waals surface area contributed by atoms with Crippen molar-refractivity contribution in [3.05, 3.63) is 24.2 Å². The fourth-order valence-electron chi connectivity index (χ4n) is 4.03. The van der Waals surface area contributed by atoms with Crippen molar-refractivity contribution in [3.63, 3.8) is 0 Å². The van der Waals surface area contributed by atoms with Gasteiger partial charge < -0.3 is 19.1 Å². The average Bonchev–Trinajstić information content (AvgIpc) is 3.23. The van der Waals surface area contributed by atoms with Crippen molar-refractivity contribution in [2.45, 2.75) is 33.2 Å². The van der Waals surface area contributed by atoms with Gasteiger partial charge in [-0.25, -0.2) is 9.78 Å². The number of carbonyl (C=O) groups excluding carboxylic acids is 1. The molecule has 2 saturated heterocycles. The number of hydrogen-bond acceptors (Lipinski definition) is 8. The van der Waals surface area contributed by atoms with Crippen molar-refractivity contribution in [1.29, 1.82) is 0 Å². The highest BCUT2D eigenvalue weighted by Crippen LogP contribution is 2.23. The topological polar surface area (TPSA) is 87.8 Å². The van der Waals surface area contributed by atoms with E-state index in [-0.39, 0.29) is 6.09 Å². The van der Waals surface area contributed by atoms with Crippen molar-refractivity contribution in [2.75, 3.05) is 50.8 Å². The molecule has 4 heterocycles. The zero-order valence-electron chi connectivity index (χ0n) is 17.8. The van der Waals surface area contributed by atoms with Gasteiger partial charge >= 0.3 is 6.09 Å². The van der Waals surface area contributed by atoms with Crippen LogP contribution in [-0.4, -0.2) is 76.9 Å². The van der Waals surface area contributed by atoms with E-state index in [9.17, 15) is 4.79 Å². The lowest BCUT2D eigenvalue weighted by molar-refractivity contribution is 0.0749. The number of aromatic nitrogens is 3. The van der Waals surface area contributed by atoms with Crippen molar-refractivity contribution >= 4 is 11.9 Å². The molecule has 2 aliphatic heterocycles. The Bertz CT molecular complexity index is 832. The fraction of sp³-hybridized carbons (Fsp3) is 0.619. The van der Waals surface area contributed by atoms with Gasteiger partial charge in [0, 0.05) is 51.0 Å². The first kappa shape index (κ1) is 20.6. The van der Waals surface area contributed by atoms with Crippen LogP contribution in [0, 0.1) is 5.92 Å². The smallest absolute Gasteiger partial charge is 0.409 e. The maximum absolute atomic E-state index is 11.8. The zero-order valence-corrected chi connectivity index (χ0v) is 17.8. The van der Waals surface area contributed by atoms with Crippen molar-refractivity contribution in [1.82, 2.24) is 24.9 Å². The monoisotopic (exact) mass is 414 g/mol. The number of rotatable bonds is 5. The van der Waals surface area contributed by atoms with Crippen LogP contribution in [0.1, 0.15) is 32.6 Å². The number of pyridine rings is 1. The summed E-state index contributed by atoms with van der Waals surface area (Å²) in [5, 5.41) is 4.12. The Labute approximate surface area is 177 Å². The van der Waals surface area contributed by atoms with Gasteiger partial charge in [-0.3, -0.25) is 4.90 Å². The van der Waals surface area contributed by atoms with Crippen molar-refractivity contribution in [2.24, 2.45) is 5.92 Å². The summed E-state index contributed by atoms with van der Waals surface area (Å²) < 4.78 is 10.5. The fourth-order valence-corrected chi connectivity index (χ4v) is 4.03. The molecule has 162 valence electrons. The highest BCUT2D eigenvalue weighted by Gasteiger charge is 2.23. The molecule has 1 amide bonds. The molecule has 0 aliphatic carbocycles. The first-order chi connectivity index (χ1) is 14.6. The van der Waals surface area contributed by atoms with Crippen LogP contribution >= 0.6 is 0 Å². The number of amides is 1. The third kappa shape index (κ3) is 4.89. The minimum Gasteiger partial charge on any atom is -0.450 e. The molecule has 9 heteroatoms. The number of piperazine rings is 1. The highest BCUT2D eigenvalue weighted by atomic mass is 16.6. The van der Waals surface area contributed by atoms with E-state index in [0.29, 0.717) is 43.9 Å².